The van der Waals surface area contributed by atoms with Crippen LogP contribution in [0.2, 0.25) is 0 Å². The second kappa shape index (κ2) is 12.3. The molecule has 2 nitrogen and oxygen atoms in total. The van der Waals surface area contributed by atoms with Crippen LogP contribution < -0.4 is 0 Å². The fourth-order valence-electron chi connectivity index (χ4n) is 3.88. The lowest BCUT2D eigenvalue weighted by Gasteiger charge is -2.30. The first kappa shape index (κ1) is 23.9. The van der Waals surface area contributed by atoms with Gasteiger partial charge in [-0.05, 0) is 84.2 Å². The SMILES string of the molecule is CC(C)C[C@H](C)CN(C)C(C)CCC(C)CC(C)CN(C)C(C)C. The summed E-state index contributed by atoms with van der Waals surface area (Å²) in [5.74, 6) is 3.26. The van der Waals surface area contributed by atoms with Crippen LogP contribution in [-0.2, 0) is 0 Å². The van der Waals surface area contributed by atoms with E-state index in [-0.39, 0.29) is 0 Å². The fourth-order valence-corrected chi connectivity index (χ4v) is 3.88. The Labute approximate surface area is 154 Å². The zero-order valence-electron chi connectivity index (χ0n) is 18.6. The molecule has 0 amide bonds. The summed E-state index contributed by atoms with van der Waals surface area (Å²) >= 11 is 0. The topological polar surface area (TPSA) is 6.48 Å². The van der Waals surface area contributed by atoms with Crippen molar-refractivity contribution in [3.8, 4) is 0 Å². The highest BCUT2D eigenvalue weighted by Crippen LogP contribution is 2.21. The van der Waals surface area contributed by atoms with Gasteiger partial charge in [0, 0.05) is 25.2 Å². The zero-order valence-corrected chi connectivity index (χ0v) is 18.6. The minimum atomic E-state index is 0.657. The van der Waals surface area contributed by atoms with Crippen LogP contribution in [0, 0.1) is 23.7 Å². The third-order valence-corrected chi connectivity index (χ3v) is 5.59. The Balaban J connectivity index is 4.05. The average molecular weight is 341 g/mol. The molecule has 0 heterocycles. The van der Waals surface area contributed by atoms with Gasteiger partial charge >= 0.3 is 0 Å². The zero-order chi connectivity index (χ0) is 18.9. The summed E-state index contributed by atoms with van der Waals surface area (Å²) in [6.45, 7) is 21.4. The fraction of sp³-hybridized carbons (Fsp3) is 1.00. The monoisotopic (exact) mass is 340 g/mol. The van der Waals surface area contributed by atoms with Crippen molar-refractivity contribution in [1.29, 1.82) is 0 Å². The van der Waals surface area contributed by atoms with E-state index in [1.807, 2.05) is 0 Å². The Bertz CT molecular complexity index is 300. The molecule has 0 saturated carbocycles. The summed E-state index contributed by atoms with van der Waals surface area (Å²) in [7, 11) is 4.56. The molecule has 0 bridgehead atoms. The van der Waals surface area contributed by atoms with Crippen LogP contribution in [-0.4, -0.2) is 49.1 Å². The maximum absolute atomic E-state index is 2.58. The molecule has 0 aromatic carbocycles. The first-order valence-corrected chi connectivity index (χ1v) is 10.4. The van der Waals surface area contributed by atoms with Crippen molar-refractivity contribution in [1.82, 2.24) is 9.80 Å². The van der Waals surface area contributed by atoms with Gasteiger partial charge in [-0.2, -0.15) is 0 Å². The number of rotatable bonds is 13. The van der Waals surface area contributed by atoms with Crippen LogP contribution in [0.4, 0.5) is 0 Å². The molecule has 0 saturated heterocycles. The van der Waals surface area contributed by atoms with Gasteiger partial charge in [-0.1, -0.05) is 34.6 Å². The summed E-state index contributed by atoms with van der Waals surface area (Å²) in [6.07, 6.45) is 5.39. The van der Waals surface area contributed by atoms with Gasteiger partial charge in [0.15, 0.2) is 0 Å². The predicted molar refractivity (Wildman–Crippen MR) is 111 cm³/mol. The van der Waals surface area contributed by atoms with Crippen LogP contribution >= 0.6 is 0 Å². The van der Waals surface area contributed by atoms with Gasteiger partial charge in [0.1, 0.15) is 0 Å². The van der Waals surface area contributed by atoms with Gasteiger partial charge in [-0.3, -0.25) is 0 Å². The van der Waals surface area contributed by atoms with E-state index < -0.39 is 0 Å². The number of nitrogens with zero attached hydrogens (tertiary/aromatic N) is 2. The molecule has 0 radical (unpaired) electrons. The van der Waals surface area contributed by atoms with E-state index in [0.29, 0.717) is 12.1 Å². The van der Waals surface area contributed by atoms with Gasteiger partial charge in [-0.25, -0.2) is 0 Å². The molecule has 0 aromatic heterocycles. The Hall–Kier alpha value is -0.0800. The third kappa shape index (κ3) is 11.5. The normalized spacial score (nSPS) is 17.8. The molecule has 4 atom stereocenters. The van der Waals surface area contributed by atoms with E-state index in [1.165, 1.54) is 38.8 Å². The van der Waals surface area contributed by atoms with Crippen molar-refractivity contribution in [2.24, 2.45) is 23.7 Å². The van der Waals surface area contributed by atoms with Gasteiger partial charge in [0.2, 0.25) is 0 Å². The van der Waals surface area contributed by atoms with Crippen molar-refractivity contribution in [2.75, 3.05) is 27.2 Å². The molecule has 0 aliphatic heterocycles. The molecule has 0 rings (SSSR count). The third-order valence-electron chi connectivity index (χ3n) is 5.59. The molecule has 0 aromatic rings. The highest BCUT2D eigenvalue weighted by Gasteiger charge is 2.17. The standard InChI is InChI=1S/C22H48N2/c1-17(2)13-20(6)16-24(10)22(8)12-11-19(5)14-21(7)15-23(9)18(3)4/h17-22H,11-16H2,1-10H3/t19?,20-,21?,22?/m0/s1. The molecule has 2 heteroatoms. The van der Waals surface area contributed by atoms with Crippen LogP contribution in [0.25, 0.3) is 0 Å². The maximum Gasteiger partial charge on any atom is 0.00640 e. The van der Waals surface area contributed by atoms with Gasteiger partial charge in [-0.15, -0.1) is 0 Å². The molecule has 24 heavy (non-hydrogen) atoms. The van der Waals surface area contributed by atoms with Crippen LogP contribution in [0.1, 0.15) is 81.1 Å². The van der Waals surface area contributed by atoms with E-state index >= 15 is 0 Å². The maximum atomic E-state index is 2.58. The first-order chi connectivity index (χ1) is 11.0. The van der Waals surface area contributed by atoms with Crippen molar-refractivity contribution in [3.63, 3.8) is 0 Å². The van der Waals surface area contributed by atoms with E-state index in [9.17, 15) is 0 Å². The summed E-state index contributed by atoms with van der Waals surface area (Å²) in [4.78, 5) is 5.06. The average Bonchev–Trinajstić information content (AvgIpc) is 2.43. The Kier molecular flexibility index (Phi) is 12.3. The lowest BCUT2D eigenvalue weighted by Crippen LogP contribution is -2.34. The molecule has 0 spiro atoms. The molecule has 0 fully saturated rings. The number of hydrogen-bond donors (Lipinski definition) is 0. The molecule has 0 aliphatic carbocycles. The summed E-state index contributed by atoms with van der Waals surface area (Å²) in [5.41, 5.74) is 0. The highest BCUT2D eigenvalue weighted by atomic mass is 15.1. The summed E-state index contributed by atoms with van der Waals surface area (Å²) in [5, 5.41) is 0. The smallest absolute Gasteiger partial charge is 0.00640 e. The Morgan fingerprint density at radius 1 is 0.583 bits per heavy atom. The minimum Gasteiger partial charge on any atom is -0.304 e. The number of hydrogen-bond acceptors (Lipinski definition) is 2. The Morgan fingerprint density at radius 2 is 1.08 bits per heavy atom. The van der Waals surface area contributed by atoms with Crippen molar-refractivity contribution < 1.29 is 0 Å². The van der Waals surface area contributed by atoms with Gasteiger partial charge < -0.3 is 9.80 Å². The molecule has 0 N–H and O–H groups in total. The molecule has 0 aliphatic rings. The van der Waals surface area contributed by atoms with E-state index in [4.69, 9.17) is 0 Å². The van der Waals surface area contributed by atoms with E-state index in [1.54, 1.807) is 0 Å². The minimum absolute atomic E-state index is 0.657. The van der Waals surface area contributed by atoms with Crippen LogP contribution in [0.15, 0.2) is 0 Å². The van der Waals surface area contributed by atoms with Gasteiger partial charge in [0.25, 0.3) is 0 Å². The highest BCUT2D eigenvalue weighted by molar-refractivity contribution is 4.71. The van der Waals surface area contributed by atoms with Crippen molar-refractivity contribution >= 4 is 0 Å². The van der Waals surface area contributed by atoms with E-state index in [0.717, 1.165) is 23.7 Å². The van der Waals surface area contributed by atoms with E-state index in [2.05, 4.69) is 79.3 Å². The second-order valence-electron chi connectivity index (χ2n) is 9.58. The van der Waals surface area contributed by atoms with Crippen LogP contribution in [0.3, 0.4) is 0 Å². The predicted octanol–water partition coefficient (Wildman–Crippen LogP) is 5.77. The molecule has 146 valence electrons. The van der Waals surface area contributed by atoms with Crippen molar-refractivity contribution in [2.45, 2.75) is 93.2 Å². The second-order valence-corrected chi connectivity index (χ2v) is 9.58. The lowest BCUT2D eigenvalue weighted by molar-refractivity contribution is 0.187. The summed E-state index contributed by atoms with van der Waals surface area (Å²) in [6, 6.07) is 1.36. The van der Waals surface area contributed by atoms with Crippen LogP contribution in [0.5, 0.6) is 0 Å². The van der Waals surface area contributed by atoms with Gasteiger partial charge in [0.05, 0.1) is 0 Å². The molecule has 3 unspecified atom stereocenters. The molecular formula is C22H48N2. The Morgan fingerprint density at radius 3 is 1.58 bits per heavy atom. The lowest BCUT2D eigenvalue weighted by atomic mass is 9.91. The quantitative estimate of drug-likeness (QED) is 0.420. The van der Waals surface area contributed by atoms with Crippen molar-refractivity contribution in [3.05, 3.63) is 0 Å². The largest absolute Gasteiger partial charge is 0.304 e. The molecular weight excluding hydrogens is 292 g/mol. The first-order valence-electron chi connectivity index (χ1n) is 10.4. The summed E-state index contributed by atoms with van der Waals surface area (Å²) < 4.78 is 0.